The molecular formula is C16H20N6. The van der Waals surface area contributed by atoms with E-state index in [0.29, 0.717) is 5.65 Å². The van der Waals surface area contributed by atoms with Gasteiger partial charge < -0.3 is 5.32 Å². The van der Waals surface area contributed by atoms with Crippen LogP contribution in [-0.2, 0) is 0 Å². The van der Waals surface area contributed by atoms with Gasteiger partial charge in [-0.25, -0.2) is 0 Å². The van der Waals surface area contributed by atoms with E-state index in [-0.39, 0.29) is 11.5 Å². The summed E-state index contributed by atoms with van der Waals surface area (Å²) in [5, 5.41) is 19.2. The number of anilines is 1. The second kappa shape index (κ2) is 5.36. The molecule has 0 aliphatic heterocycles. The van der Waals surface area contributed by atoms with Crippen molar-refractivity contribution in [2.45, 2.75) is 33.7 Å². The fourth-order valence-electron chi connectivity index (χ4n) is 2.52. The zero-order chi connectivity index (χ0) is 15.7. The van der Waals surface area contributed by atoms with Crippen molar-refractivity contribution in [2.75, 3.05) is 5.32 Å². The van der Waals surface area contributed by atoms with E-state index in [1.165, 1.54) is 15.8 Å². The van der Waals surface area contributed by atoms with Gasteiger partial charge in [0.2, 0.25) is 0 Å². The minimum absolute atomic E-state index is 0.0328. The largest absolute Gasteiger partial charge is 0.361 e. The molecule has 0 spiro atoms. The fourth-order valence-corrected chi connectivity index (χ4v) is 2.52. The highest BCUT2D eigenvalue weighted by atomic mass is 15.6. The number of nitrogens with one attached hydrogen (secondary N) is 1. The number of hydrogen-bond acceptors (Lipinski definition) is 5. The lowest BCUT2D eigenvalue weighted by Gasteiger charge is -2.32. The summed E-state index contributed by atoms with van der Waals surface area (Å²) in [7, 11) is 0. The smallest absolute Gasteiger partial charge is 0.200 e. The topological polar surface area (TPSA) is 68.0 Å². The maximum Gasteiger partial charge on any atom is 0.200 e. The Balaban J connectivity index is 1.96. The van der Waals surface area contributed by atoms with E-state index in [1.54, 1.807) is 0 Å². The van der Waals surface area contributed by atoms with Crippen LogP contribution in [0.2, 0.25) is 0 Å². The molecule has 0 amide bonds. The van der Waals surface area contributed by atoms with Crippen molar-refractivity contribution in [1.29, 1.82) is 0 Å². The number of fused-ring (bicyclic) bond motifs is 1. The van der Waals surface area contributed by atoms with E-state index >= 15 is 0 Å². The number of nitrogens with zero attached hydrogens (tertiary/aromatic N) is 5. The Morgan fingerprint density at radius 1 is 1.14 bits per heavy atom. The molecule has 0 radical (unpaired) electrons. The lowest BCUT2D eigenvalue weighted by atomic mass is 9.82. The maximum atomic E-state index is 4.41. The van der Waals surface area contributed by atoms with E-state index in [9.17, 15) is 0 Å². The number of aryl methyl sites for hydroxylation is 1. The molecule has 1 unspecified atom stereocenters. The van der Waals surface area contributed by atoms with Crippen LogP contribution < -0.4 is 5.32 Å². The molecule has 3 rings (SSSR count). The van der Waals surface area contributed by atoms with Crippen molar-refractivity contribution in [3.05, 3.63) is 47.5 Å². The highest BCUT2D eigenvalue weighted by molar-refractivity contribution is 5.44. The second-order valence-electron chi connectivity index (χ2n) is 6.60. The summed E-state index contributed by atoms with van der Waals surface area (Å²) in [6, 6.07) is 12.4. The highest BCUT2D eigenvalue weighted by Crippen LogP contribution is 2.35. The monoisotopic (exact) mass is 296 g/mol. The van der Waals surface area contributed by atoms with Crippen LogP contribution in [0.5, 0.6) is 0 Å². The number of benzene rings is 1. The predicted molar refractivity (Wildman–Crippen MR) is 85.6 cm³/mol. The quantitative estimate of drug-likeness (QED) is 0.804. The molecule has 0 aliphatic rings. The molecule has 1 aromatic carbocycles. The Bertz CT molecular complexity index is 786. The molecular weight excluding hydrogens is 276 g/mol. The van der Waals surface area contributed by atoms with Crippen LogP contribution >= 0.6 is 0 Å². The summed E-state index contributed by atoms with van der Waals surface area (Å²) >= 11 is 0. The normalized spacial score (nSPS) is 13.3. The zero-order valence-electron chi connectivity index (χ0n) is 13.3. The Kier molecular flexibility index (Phi) is 3.52. The van der Waals surface area contributed by atoms with Gasteiger partial charge in [-0.1, -0.05) is 50.6 Å². The summed E-state index contributed by atoms with van der Waals surface area (Å²) in [6.07, 6.45) is 0. The first-order chi connectivity index (χ1) is 10.4. The van der Waals surface area contributed by atoms with E-state index in [0.717, 1.165) is 5.82 Å². The molecule has 0 saturated carbocycles. The highest BCUT2D eigenvalue weighted by Gasteiger charge is 2.26. The summed E-state index contributed by atoms with van der Waals surface area (Å²) in [6.45, 7) is 8.74. The van der Waals surface area contributed by atoms with E-state index in [1.807, 2.05) is 12.1 Å². The van der Waals surface area contributed by atoms with Crippen molar-refractivity contribution >= 4 is 11.5 Å². The number of hydrogen-bond donors (Lipinski definition) is 1. The molecule has 2 heterocycles. The van der Waals surface area contributed by atoms with Gasteiger partial charge in [-0.05, 0) is 40.5 Å². The average molecular weight is 296 g/mol. The van der Waals surface area contributed by atoms with Gasteiger partial charge in [0.1, 0.15) is 5.82 Å². The minimum atomic E-state index is 0.0328. The van der Waals surface area contributed by atoms with E-state index in [4.69, 9.17) is 0 Å². The molecule has 0 aliphatic carbocycles. The molecule has 0 bridgehead atoms. The van der Waals surface area contributed by atoms with Crippen LogP contribution in [0.4, 0.5) is 5.82 Å². The van der Waals surface area contributed by atoms with Crippen LogP contribution in [0.15, 0.2) is 36.4 Å². The van der Waals surface area contributed by atoms with E-state index in [2.05, 4.69) is 77.9 Å². The molecule has 6 nitrogen and oxygen atoms in total. The van der Waals surface area contributed by atoms with Gasteiger partial charge in [0.05, 0.1) is 6.04 Å². The van der Waals surface area contributed by atoms with Crippen LogP contribution in [0.3, 0.4) is 0 Å². The molecule has 22 heavy (non-hydrogen) atoms. The van der Waals surface area contributed by atoms with Gasteiger partial charge >= 0.3 is 0 Å². The first-order valence-electron chi connectivity index (χ1n) is 7.32. The first-order valence-corrected chi connectivity index (χ1v) is 7.32. The lowest BCUT2D eigenvalue weighted by molar-refractivity contribution is 0.346. The predicted octanol–water partition coefficient (Wildman–Crippen LogP) is 3.03. The van der Waals surface area contributed by atoms with Gasteiger partial charge in [0.15, 0.2) is 5.65 Å². The van der Waals surface area contributed by atoms with Crippen LogP contribution in [-0.4, -0.2) is 25.3 Å². The van der Waals surface area contributed by atoms with Crippen molar-refractivity contribution in [3.63, 3.8) is 0 Å². The molecule has 3 aromatic rings. The third kappa shape index (κ3) is 2.90. The van der Waals surface area contributed by atoms with Gasteiger partial charge in [-0.2, -0.15) is 0 Å². The summed E-state index contributed by atoms with van der Waals surface area (Å²) in [5.74, 6) is 0.751. The van der Waals surface area contributed by atoms with Gasteiger partial charge in [-0.15, -0.1) is 14.8 Å². The summed E-state index contributed by atoms with van der Waals surface area (Å²) in [5.41, 5.74) is 3.15. The standard InChI is InChI=1S/C16H20N6/c1-11-6-5-7-12(10-11)15(16(2,3)4)17-13-8-9-14-18-20-21-22(14)19-13/h5-10,15H,1-4H3,(H,17,19). The molecule has 6 heteroatoms. The van der Waals surface area contributed by atoms with Crippen molar-refractivity contribution < 1.29 is 0 Å². The second-order valence-corrected chi connectivity index (χ2v) is 6.60. The van der Waals surface area contributed by atoms with Crippen molar-refractivity contribution in [2.24, 2.45) is 5.41 Å². The van der Waals surface area contributed by atoms with Gasteiger partial charge in [-0.3, -0.25) is 0 Å². The summed E-state index contributed by atoms with van der Waals surface area (Å²) < 4.78 is 1.43. The van der Waals surface area contributed by atoms with Crippen LogP contribution in [0, 0.1) is 12.3 Å². The molecule has 0 saturated heterocycles. The van der Waals surface area contributed by atoms with Crippen molar-refractivity contribution in [3.8, 4) is 0 Å². The maximum absolute atomic E-state index is 4.41. The SMILES string of the molecule is Cc1cccc(C(Nc2ccc3nnnn3n2)C(C)(C)C)c1. The van der Waals surface area contributed by atoms with Gasteiger partial charge in [0.25, 0.3) is 0 Å². The Morgan fingerprint density at radius 2 is 1.95 bits per heavy atom. The van der Waals surface area contributed by atoms with Crippen molar-refractivity contribution in [1.82, 2.24) is 25.3 Å². The number of aromatic nitrogens is 5. The van der Waals surface area contributed by atoms with Crippen LogP contribution in [0.25, 0.3) is 5.65 Å². The lowest BCUT2D eigenvalue weighted by Crippen LogP contribution is -2.26. The summed E-state index contributed by atoms with van der Waals surface area (Å²) in [4.78, 5) is 0. The zero-order valence-corrected chi connectivity index (χ0v) is 13.3. The fraction of sp³-hybridized carbons (Fsp3) is 0.375. The average Bonchev–Trinajstić information content (AvgIpc) is 2.91. The Morgan fingerprint density at radius 3 is 2.68 bits per heavy atom. The molecule has 2 aromatic heterocycles. The first kappa shape index (κ1) is 14.4. The van der Waals surface area contributed by atoms with Crippen LogP contribution in [0.1, 0.15) is 37.9 Å². The third-order valence-electron chi connectivity index (χ3n) is 3.60. The Hall–Kier alpha value is -2.50. The number of rotatable bonds is 3. The molecule has 1 atom stereocenters. The number of tetrazole rings is 1. The van der Waals surface area contributed by atoms with Gasteiger partial charge in [0, 0.05) is 0 Å². The molecule has 0 fully saturated rings. The van der Waals surface area contributed by atoms with E-state index < -0.39 is 0 Å². The molecule has 114 valence electrons. The minimum Gasteiger partial charge on any atom is -0.361 e. The Labute approximate surface area is 129 Å². The third-order valence-corrected chi connectivity index (χ3v) is 3.60. The molecule has 1 N–H and O–H groups in total.